The third-order valence-electron chi connectivity index (χ3n) is 7.10. The molecule has 0 radical (unpaired) electrons. The van der Waals surface area contributed by atoms with Crippen molar-refractivity contribution in [2.75, 3.05) is 13.9 Å². The fourth-order valence-corrected chi connectivity index (χ4v) is 6.79. The summed E-state index contributed by atoms with van der Waals surface area (Å²) in [5.41, 5.74) is 9.07. The van der Waals surface area contributed by atoms with E-state index in [1.54, 1.807) is 7.11 Å². The molecule has 0 aliphatic rings. The van der Waals surface area contributed by atoms with Crippen LogP contribution < -0.4 is 10.0 Å². The summed E-state index contributed by atoms with van der Waals surface area (Å²) in [7, 11) is 2.26. The highest BCUT2D eigenvalue weighted by Gasteiger charge is 2.28. The Morgan fingerprint density at radius 2 is 1.33 bits per heavy atom. The van der Waals surface area contributed by atoms with E-state index in [0.717, 1.165) is 30.9 Å². The van der Waals surface area contributed by atoms with Crippen molar-refractivity contribution in [3.05, 3.63) is 130 Å². The maximum atomic E-state index is 6.13. The van der Waals surface area contributed by atoms with Gasteiger partial charge in [0.1, 0.15) is 5.75 Å². The Morgan fingerprint density at radius 3 is 1.92 bits per heavy atom. The average Bonchev–Trinajstić information content (AvgIpc) is 2.91. The van der Waals surface area contributed by atoms with E-state index in [0.29, 0.717) is 8.58 Å². The van der Waals surface area contributed by atoms with Crippen LogP contribution in [0.3, 0.4) is 0 Å². The lowest BCUT2D eigenvalue weighted by atomic mass is 9.96. The first-order valence-corrected chi connectivity index (χ1v) is 14.7. The molecular formula is C35H42NO2P. The van der Waals surface area contributed by atoms with Crippen LogP contribution in [0.2, 0.25) is 0 Å². The summed E-state index contributed by atoms with van der Waals surface area (Å²) in [5.74, 6) is 0.949. The van der Waals surface area contributed by atoms with Gasteiger partial charge < -0.3 is 9.47 Å². The number of hydrogen-bond donors (Lipinski definition) is 0. The van der Waals surface area contributed by atoms with Crippen molar-refractivity contribution >= 4 is 13.9 Å². The molecule has 1 unspecified atom stereocenters. The molecule has 0 aliphatic carbocycles. The van der Waals surface area contributed by atoms with Crippen molar-refractivity contribution in [3.63, 3.8) is 0 Å². The van der Waals surface area contributed by atoms with Crippen molar-refractivity contribution in [2.45, 2.75) is 59.4 Å². The smallest absolute Gasteiger partial charge is 0.188 e. The van der Waals surface area contributed by atoms with E-state index in [4.69, 9.17) is 9.47 Å². The fraction of sp³-hybridized carbons (Fsp3) is 0.314. The lowest BCUT2D eigenvalue weighted by Gasteiger charge is -2.32. The molecule has 0 saturated heterocycles. The van der Waals surface area contributed by atoms with Gasteiger partial charge in [0, 0.05) is 37.5 Å². The summed E-state index contributed by atoms with van der Waals surface area (Å²) in [5, 5.41) is 1.34. The molecule has 39 heavy (non-hydrogen) atoms. The summed E-state index contributed by atoms with van der Waals surface area (Å²) in [6, 6.07) is 32.9. The van der Waals surface area contributed by atoms with Crippen LogP contribution in [0.1, 0.15) is 52.8 Å². The van der Waals surface area contributed by atoms with E-state index in [1.807, 2.05) is 0 Å². The predicted molar refractivity (Wildman–Crippen MR) is 166 cm³/mol. The van der Waals surface area contributed by atoms with Gasteiger partial charge in [-0.2, -0.15) is 0 Å². The molecule has 0 bridgehead atoms. The second kappa shape index (κ2) is 13.4. The van der Waals surface area contributed by atoms with Crippen LogP contribution in [0.15, 0.2) is 91.0 Å². The van der Waals surface area contributed by atoms with E-state index < -0.39 is 0 Å². The summed E-state index contributed by atoms with van der Waals surface area (Å²) in [6.07, 6.45) is 0. The normalized spacial score (nSPS) is 12.0. The molecule has 4 heteroatoms. The second-order valence-electron chi connectivity index (χ2n) is 11.0. The Labute approximate surface area is 237 Å². The van der Waals surface area contributed by atoms with Gasteiger partial charge >= 0.3 is 0 Å². The van der Waals surface area contributed by atoms with Crippen LogP contribution in [-0.4, -0.2) is 18.8 Å². The lowest BCUT2D eigenvalue weighted by Crippen LogP contribution is -2.27. The largest absolute Gasteiger partial charge is 0.467 e. The molecular weight excluding hydrogens is 497 g/mol. The van der Waals surface area contributed by atoms with E-state index in [-0.39, 0.29) is 11.9 Å². The van der Waals surface area contributed by atoms with Gasteiger partial charge in [0.25, 0.3) is 0 Å². The number of rotatable bonds is 12. The van der Waals surface area contributed by atoms with E-state index >= 15 is 0 Å². The van der Waals surface area contributed by atoms with Gasteiger partial charge in [-0.15, -0.1) is 0 Å². The molecule has 0 amide bonds. The Kier molecular flexibility index (Phi) is 9.97. The molecule has 1 atom stereocenters. The minimum absolute atomic E-state index is 0.107. The Balaban J connectivity index is 1.67. The first kappa shape index (κ1) is 29.0. The zero-order valence-corrected chi connectivity index (χ0v) is 25.3. The summed E-state index contributed by atoms with van der Waals surface area (Å²) < 4.78 is 11.4. The predicted octanol–water partition coefficient (Wildman–Crippen LogP) is 8.04. The van der Waals surface area contributed by atoms with Gasteiger partial charge in [-0.3, -0.25) is 4.90 Å². The Hall–Kier alpha value is -2.97. The highest BCUT2D eigenvalue weighted by atomic mass is 31.1. The van der Waals surface area contributed by atoms with Gasteiger partial charge in [-0.05, 0) is 53.9 Å². The molecule has 3 nitrogen and oxygen atoms in total. The molecule has 0 N–H and O–H groups in total. The maximum Gasteiger partial charge on any atom is 0.188 e. The van der Waals surface area contributed by atoms with Crippen molar-refractivity contribution in [1.29, 1.82) is 0 Å². The molecule has 0 heterocycles. The van der Waals surface area contributed by atoms with Crippen LogP contribution in [0.4, 0.5) is 0 Å². The third kappa shape index (κ3) is 7.79. The highest BCUT2D eigenvalue weighted by molar-refractivity contribution is 7.48. The monoisotopic (exact) mass is 539 g/mol. The van der Waals surface area contributed by atoms with Crippen molar-refractivity contribution < 1.29 is 9.47 Å². The summed E-state index contributed by atoms with van der Waals surface area (Å²) in [6.45, 7) is 14.2. The molecule has 0 aliphatic heterocycles. The zero-order valence-electron chi connectivity index (χ0n) is 24.3. The first-order valence-electron chi connectivity index (χ1n) is 13.7. The third-order valence-corrected chi connectivity index (χ3v) is 8.96. The van der Waals surface area contributed by atoms with Crippen molar-refractivity contribution in [1.82, 2.24) is 4.90 Å². The molecule has 0 fully saturated rings. The van der Waals surface area contributed by atoms with E-state index in [9.17, 15) is 0 Å². The minimum atomic E-state index is -0.107. The number of benzene rings is 4. The molecule has 4 rings (SSSR count). The van der Waals surface area contributed by atoms with Gasteiger partial charge in [-0.1, -0.05) is 119 Å². The highest BCUT2D eigenvalue weighted by Crippen LogP contribution is 2.47. The van der Waals surface area contributed by atoms with Crippen LogP contribution in [0.5, 0.6) is 5.75 Å². The van der Waals surface area contributed by atoms with Crippen LogP contribution >= 0.6 is 8.58 Å². The topological polar surface area (TPSA) is 21.7 Å². The van der Waals surface area contributed by atoms with Crippen LogP contribution in [0, 0.1) is 20.8 Å². The number of methoxy groups -OCH3 is 1. The number of ether oxygens (including phenoxy) is 2. The zero-order chi connectivity index (χ0) is 27.8. The molecule has 204 valence electrons. The van der Waals surface area contributed by atoms with Gasteiger partial charge in [0.05, 0.1) is 0 Å². The van der Waals surface area contributed by atoms with Crippen molar-refractivity contribution in [2.24, 2.45) is 0 Å². The number of nitrogens with zero attached hydrogens (tertiary/aromatic N) is 1. The molecule has 0 saturated carbocycles. The quantitative estimate of drug-likeness (QED) is 0.134. The molecule has 0 aromatic heterocycles. The van der Waals surface area contributed by atoms with Gasteiger partial charge in [0.15, 0.2) is 6.79 Å². The minimum Gasteiger partial charge on any atom is -0.467 e. The number of hydrogen-bond acceptors (Lipinski definition) is 3. The fourth-order valence-electron chi connectivity index (χ4n) is 5.24. The standard InChI is InChI=1S/C35H42NO2P/c1-26-20-28(3)33(38-25-37-6)32(21-26)35(4,5)39-34-27(2)14-13-19-31(34)24-36(22-29-15-9-7-10-16-29)23-30-17-11-8-12-18-30/h7-21,39H,22-25H2,1-6H3. The molecule has 4 aromatic rings. The molecule has 0 spiro atoms. The molecule has 4 aromatic carbocycles. The lowest BCUT2D eigenvalue weighted by molar-refractivity contribution is 0.0496. The van der Waals surface area contributed by atoms with Gasteiger partial charge in [-0.25, -0.2) is 0 Å². The van der Waals surface area contributed by atoms with Crippen LogP contribution in [0.25, 0.3) is 0 Å². The summed E-state index contributed by atoms with van der Waals surface area (Å²) in [4.78, 5) is 2.56. The second-order valence-corrected chi connectivity index (χ2v) is 13.0. The Bertz CT molecular complexity index is 1310. The summed E-state index contributed by atoms with van der Waals surface area (Å²) >= 11 is 0. The van der Waals surface area contributed by atoms with E-state index in [2.05, 4.69) is 131 Å². The number of aryl methyl sites for hydroxylation is 3. The first-order chi connectivity index (χ1) is 18.8. The van der Waals surface area contributed by atoms with E-state index in [1.165, 1.54) is 38.7 Å². The average molecular weight is 540 g/mol. The maximum absolute atomic E-state index is 6.13. The van der Waals surface area contributed by atoms with Gasteiger partial charge in [0.2, 0.25) is 0 Å². The van der Waals surface area contributed by atoms with Crippen molar-refractivity contribution in [3.8, 4) is 5.75 Å². The Morgan fingerprint density at radius 1 is 0.718 bits per heavy atom. The van der Waals surface area contributed by atoms with Crippen LogP contribution in [-0.2, 0) is 29.5 Å². The SMILES string of the molecule is COCOc1c(C)cc(C)cc1C(C)(C)Pc1c(C)cccc1CN(Cc1ccccc1)Cc1ccccc1.